The van der Waals surface area contributed by atoms with Gasteiger partial charge in [0.1, 0.15) is 11.4 Å². The van der Waals surface area contributed by atoms with E-state index in [9.17, 15) is 39.9 Å². The fourth-order valence-corrected chi connectivity index (χ4v) is 4.63. The fraction of sp³-hybridized carbons (Fsp3) is 0.333. The number of carbonyl (C=O) groups excluding carboxylic acids is 1. The third kappa shape index (κ3) is 6.69. The highest BCUT2D eigenvalue weighted by Gasteiger charge is 2.43. The van der Waals surface area contributed by atoms with Crippen LogP contribution in [-0.2, 0) is 23.6 Å². The van der Waals surface area contributed by atoms with Crippen LogP contribution in [0.25, 0.3) is 0 Å². The van der Waals surface area contributed by atoms with Gasteiger partial charge in [0.25, 0.3) is 0 Å². The van der Waals surface area contributed by atoms with Gasteiger partial charge in [-0.25, -0.2) is 4.98 Å². The Labute approximate surface area is 224 Å². The Morgan fingerprint density at radius 1 is 0.975 bits per heavy atom. The molecular formula is C27H23F8N3O2. The first-order valence-electron chi connectivity index (χ1n) is 12.0. The minimum atomic E-state index is -4.62. The molecule has 40 heavy (non-hydrogen) atoms. The molecule has 0 radical (unpaired) electrons. The van der Waals surface area contributed by atoms with Crippen molar-refractivity contribution in [2.75, 3.05) is 18.5 Å². The molecule has 0 unspecified atom stereocenters. The molecule has 0 saturated carbocycles. The normalized spacial score (nSPS) is 18.2. The van der Waals surface area contributed by atoms with Gasteiger partial charge in [-0.2, -0.15) is 35.1 Å². The smallest absolute Gasteiger partial charge is 0.433 e. The summed E-state index contributed by atoms with van der Waals surface area (Å²) in [5.74, 6) is -0.632. The zero-order chi connectivity index (χ0) is 29.2. The van der Waals surface area contributed by atoms with Crippen LogP contribution in [0.15, 0.2) is 66.7 Å². The SMILES string of the molecule is CN(CCc1cccc(C(F)(F)F)n1)[C@@H]1C[C@H](c2cccc(C(F)(F)F)c2)N(c2ccc(OC(F)F)cc2)C1=O. The molecule has 2 aromatic carbocycles. The van der Waals surface area contributed by atoms with Gasteiger partial charge in [-0.05, 0) is 67.6 Å². The topological polar surface area (TPSA) is 45.7 Å². The number of ether oxygens (including phenoxy) is 1. The maximum atomic E-state index is 13.6. The summed E-state index contributed by atoms with van der Waals surface area (Å²) in [5.41, 5.74) is -1.31. The maximum absolute atomic E-state index is 13.6. The lowest BCUT2D eigenvalue weighted by Gasteiger charge is -2.26. The number of nitrogens with zero attached hydrogens (tertiary/aromatic N) is 3. The van der Waals surface area contributed by atoms with E-state index >= 15 is 0 Å². The fourth-order valence-electron chi connectivity index (χ4n) is 4.63. The first-order valence-corrected chi connectivity index (χ1v) is 12.0. The van der Waals surface area contributed by atoms with Crippen molar-refractivity contribution in [3.8, 4) is 5.75 Å². The molecule has 1 aromatic heterocycles. The van der Waals surface area contributed by atoms with E-state index in [-0.39, 0.29) is 42.1 Å². The van der Waals surface area contributed by atoms with Crippen molar-refractivity contribution in [3.05, 3.63) is 89.2 Å². The molecule has 0 aliphatic carbocycles. The largest absolute Gasteiger partial charge is 0.435 e. The van der Waals surface area contributed by atoms with Crippen LogP contribution >= 0.6 is 0 Å². The molecular weight excluding hydrogens is 550 g/mol. The van der Waals surface area contributed by atoms with Crippen molar-refractivity contribution in [1.29, 1.82) is 0 Å². The minimum Gasteiger partial charge on any atom is -0.435 e. The number of hydrogen-bond acceptors (Lipinski definition) is 4. The van der Waals surface area contributed by atoms with Gasteiger partial charge in [-0.1, -0.05) is 18.2 Å². The van der Waals surface area contributed by atoms with Gasteiger partial charge < -0.3 is 9.64 Å². The second-order valence-electron chi connectivity index (χ2n) is 9.21. The van der Waals surface area contributed by atoms with Crippen molar-refractivity contribution in [3.63, 3.8) is 0 Å². The van der Waals surface area contributed by atoms with E-state index in [1.165, 1.54) is 53.4 Å². The molecule has 0 N–H and O–H groups in total. The molecule has 1 aliphatic rings. The van der Waals surface area contributed by atoms with Crippen LogP contribution in [0.3, 0.4) is 0 Å². The summed E-state index contributed by atoms with van der Waals surface area (Å²) < 4.78 is 109. The highest BCUT2D eigenvalue weighted by molar-refractivity contribution is 6.00. The predicted molar refractivity (Wildman–Crippen MR) is 129 cm³/mol. The molecule has 214 valence electrons. The zero-order valence-electron chi connectivity index (χ0n) is 20.9. The number of rotatable bonds is 8. The number of halogens is 8. The summed E-state index contributed by atoms with van der Waals surface area (Å²) in [7, 11) is 1.59. The van der Waals surface area contributed by atoms with Crippen LogP contribution in [0, 0.1) is 0 Å². The molecule has 0 bridgehead atoms. The number of carbonyl (C=O) groups is 1. The average molecular weight is 573 g/mol. The summed E-state index contributed by atoms with van der Waals surface area (Å²) in [6, 6.07) is 11.5. The Morgan fingerprint density at radius 2 is 1.65 bits per heavy atom. The van der Waals surface area contributed by atoms with Crippen LogP contribution in [0.1, 0.15) is 35.0 Å². The summed E-state index contributed by atoms with van der Waals surface area (Å²) in [4.78, 5) is 20.2. The zero-order valence-corrected chi connectivity index (χ0v) is 20.9. The lowest BCUT2D eigenvalue weighted by molar-refractivity contribution is -0.141. The van der Waals surface area contributed by atoms with Gasteiger partial charge in [0, 0.05) is 24.3 Å². The number of likely N-dealkylation sites (N-methyl/N-ethyl adjacent to an activating group) is 1. The highest BCUT2D eigenvalue weighted by Crippen LogP contribution is 2.41. The number of anilines is 1. The van der Waals surface area contributed by atoms with Crippen molar-refractivity contribution >= 4 is 11.6 Å². The van der Waals surface area contributed by atoms with E-state index in [1.807, 2.05) is 0 Å². The van der Waals surface area contributed by atoms with E-state index in [0.717, 1.165) is 18.2 Å². The molecule has 1 saturated heterocycles. The Hall–Kier alpha value is -3.74. The van der Waals surface area contributed by atoms with E-state index < -0.39 is 48.2 Å². The Balaban J connectivity index is 1.61. The van der Waals surface area contributed by atoms with Gasteiger partial charge in [-0.3, -0.25) is 9.69 Å². The average Bonchev–Trinajstić information content (AvgIpc) is 3.24. The van der Waals surface area contributed by atoms with Crippen molar-refractivity contribution in [2.24, 2.45) is 0 Å². The van der Waals surface area contributed by atoms with Gasteiger partial charge in [0.15, 0.2) is 0 Å². The van der Waals surface area contributed by atoms with E-state index in [4.69, 9.17) is 0 Å². The first-order chi connectivity index (χ1) is 18.7. The summed E-state index contributed by atoms with van der Waals surface area (Å²) >= 11 is 0. The molecule has 0 spiro atoms. The van der Waals surface area contributed by atoms with Crippen LogP contribution in [-0.4, -0.2) is 42.0 Å². The van der Waals surface area contributed by atoms with E-state index in [2.05, 4.69) is 9.72 Å². The lowest BCUT2D eigenvalue weighted by atomic mass is 9.99. The van der Waals surface area contributed by atoms with Gasteiger partial charge in [-0.15, -0.1) is 0 Å². The number of pyridine rings is 1. The molecule has 2 atom stereocenters. The number of amides is 1. The third-order valence-electron chi connectivity index (χ3n) is 6.57. The number of alkyl halides is 8. The summed E-state index contributed by atoms with van der Waals surface area (Å²) in [6.07, 6.45) is -9.08. The Bertz CT molecular complexity index is 1330. The Morgan fingerprint density at radius 3 is 2.27 bits per heavy atom. The van der Waals surface area contributed by atoms with Crippen molar-refractivity contribution < 1.29 is 44.7 Å². The molecule has 4 rings (SSSR count). The molecule has 5 nitrogen and oxygen atoms in total. The third-order valence-corrected chi connectivity index (χ3v) is 6.57. The number of hydrogen-bond donors (Lipinski definition) is 0. The van der Waals surface area contributed by atoms with Crippen LogP contribution in [0.5, 0.6) is 5.75 Å². The summed E-state index contributed by atoms with van der Waals surface area (Å²) in [5, 5.41) is 0. The quantitative estimate of drug-likeness (QED) is 0.280. The molecule has 1 amide bonds. The van der Waals surface area contributed by atoms with E-state index in [0.29, 0.717) is 0 Å². The van der Waals surface area contributed by atoms with Crippen LogP contribution in [0.4, 0.5) is 40.8 Å². The van der Waals surface area contributed by atoms with Crippen LogP contribution in [0.2, 0.25) is 0 Å². The number of benzene rings is 2. The predicted octanol–water partition coefficient (Wildman–Crippen LogP) is 6.74. The maximum Gasteiger partial charge on any atom is 0.433 e. The van der Waals surface area contributed by atoms with Crippen LogP contribution < -0.4 is 9.64 Å². The van der Waals surface area contributed by atoms with Gasteiger partial charge in [0.2, 0.25) is 5.91 Å². The second-order valence-corrected chi connectivity index (χ2v) is 9.21. The molecule has 1 fully saturated rings. The first kappa shape index (κ1) is 29.2. The van der Waals surface area contributed by atoms with Gasteiger partial charge >= 0.3 is 19.0 Å². The number of aromatic nitrogens is 1. The standard InChI is InChI=1S/C27H23F8N3O2/c1-37(13-12-18-6-3-7-23(36-18)27(33,34)35)22-15-21(16-4-2-5-17(14-16)26(30,31)32)38(24(22)39)19-8-10-20(11-9-19)40-25(28)29/h2-11,14,21-22,25H,12-13,15H2,1H3/t21-,22-/m1/s1. The molecule has 2 heterocycles. The highest BCUT2D eigenvalue weighted by atomic mass is 19.4. The summed E-state index contributed by atoms with van der Waals surface area (Å²) in [6.45, 7) is -2.93. The second kappa shape index (κ2) is 11.4. The lowest BCUT2D eigenvalue weighted by Crippen LogP contribution is -2.40. The van der Waals surface area contributed by atoms with E-state index in [1.54, 1.807) is 11.9 Å². The minimum absolute atomic E-state index is 0.0714. The van der Waals surface area contributed by atoms with Crippen molar-refractivity contribution in [2.45, 2.75) is 43.9 Å². The molecule has 3 aromatic rings. The Kier molecular flexibility index (Phi) is 8.33. The van der Waals surface area contributed by atoms with Gasteiger partial charge in [0.05, 0.1) is 17.6 Å². The van der Waals surface area contributed by atoms with Crippen molar-refractivity contribution in [1.82, 2.24) is 9.88 Å². The molecule has 1 aliphatic heterocycles. The monoisotopic (exact) mass is 573 g/mol. The molecule has 13 heteroatoms.